The van der Waals surface area contributed by atoms with Gasteiger partial charge in [0.15, 0.2) is 5.65 Å². The molecule has 0 aliphatic carbocycles. The normalized spacial score (nSPS) is 19.7. The third-order valence-electron chi connectivity index (χ3n) is 5.42. The van der Waals surface area contributed by atoms with E-state index in [1.807, 2.05) is 19.1 Å². The largest absolute Gasteiger partial charge is 0.507 e. The number of aromatic amines is 1. The Morgan fingerprint density at radius 1 is 1.39 bits per heavy atom. The van der Waals surface area contributed by atoms with Crippen molar-refractivity contribution < 1.29 is 14.3 Å². The summed E-state index contributed by atoms with van der Waals surface area (Å²) in [5.41, 5.74) is 3.30. The van der Waals surface area contributed by atoms with E-state index in [1.165, 1.54) is 6.08 Å². The van der Waals surface area contributed by atoms with Crippen molar-refractivity contribution in [2.24, 2.45) is 0 Å². The molecule has 4 rings (SSSR count). The van der Waals surface area contributed by atoms with Crippen LogP contribution in [0.1, 0.15) is 23.6 Å². The maximum absolute atomic E-state index is 14.7. The quantitative estimate of drug-likeness (QED) is 0.682. The highest BCUT2D eigenvalue weighted by Crippen LogP contribution is 2.35. The molecule has 1 fully saturated rings. The fourth-order valence-corrected chi connectivity index (χ4v) is 3.85. The molecule has 1 amide bonds. The third kappa shape index (κ3) is 3.02. The molecule has 2 atom stereocenters. The van der Waals surface area contributed by atoms with Crippen molar-refractivity contribution in [2.75, 3.05) is 13.1 Å². The molecule has 3 aromatic rings. The molecule has 2 N–H and O–H groups in total. The van der Waals surface area contributed by atoms with Crippen molar-refractivity contribution in [2.45, 2.75) is 25.4 Å². The highest BCUT2D eigenvalue weighted by Gasteiger charge is 2.34. The number of nitrogens with one attached hydrogen (secondary N) is 1. The average Bonchev–Trinajstić information content (AvgIpc) is 3.04. The first kappa shape index (κ1) is 18.2. The Labute approximate surface area is 161 Å². The second-order valence-electron chi connectivity index (χ2n) is 7.07. The number of benzene rings is 1. The van der Waals surface area contributed by atoms with E-state index >= 15 is 0 Å². The number of aryl methyl sites for hydroxylation is 1. The zero-order chi connectivity index (χ0) is 19.8. The van der Waals surface area contributed by atoms with Gasteiger partial charge < -0.3 is 15.0 Å². The van der Waals surface area contributed by atoms with Gasteiger partial charge in [0.05, 0.1) is 5.69 Å². The van der Waals surface area contributed by atoms with Gasteiger partial charge in [-0.1, -0.05) is 18.7 Å². The number of para-hydroxylation sites is 1. The number of phenols is 1. The molecule has 0 saturated carbocycles. The number of amides is 1. The Balaban J connectivity index is 1.74. The van der Waals surface area contributed by atoms with Crippen molar-refractivity contribution in [1.82, 2.24) is 20.1 Å². The molecule has 1 aliphatic heterocycles. The maximum atomic E-state index is 14.7. The minimum atomic E-state index is -1.05. The van der Waals surface area contributed by atoms with Crippen LogP contribution in [0.4, 0.5) is 4.39 Å². The summed E-state index contributed by atoms with van der Waals surface area (Å²) in [5, 5.41) is 19.3. The molecule has 0 spiro atoms. The second kappa shape index (κ2) is 7.07. The monoisotopic (exact) mass is 380 g/mol. The topological polar surface area (TPSA) is 82.1 Å². The van der Waals surface area contributed by atoms with Gasteiger partial charge in [-0.05, 0) is 43.2 Å². The fourth-order valence-electron chi connectivity index (χ4n) is 3.85. The van der Waals surface area contributed by atoms with Crippen LogP contribution in [0.3, 0.4) is 0 Å². The molecule has 0 radical (unpaired) electrons. The molecule has 1 aliphatic rings. The molecule has 7 heteroatoms. The number of fused-ring (bicyclic) bond motifs is 1. The van der Waals surface area contributed by atoms with E-state index < -0.39 is 12.1 Å². The van der Waals surface area contributed by atoms with E-state index in [0.717, 1.165) is 16.6 Å². The summed E-state index contributed by atoms with van der Waals surface area (Å²) in [7, 11) is 0. The summed E-state index contributed by atoms with van der Waals surface area (Å²) in [6.45, 7) is 6.11. The van der Waals surface area contributed by atoms with Gasteiger partial charge in [-0.3, -0.25) is 4.79 Å². The van der Waals surface area contributed by atoms with Crippen LogP contribution in [0.2, 0.25) is 0 Å². The smallest absolute Gasteiger partial charge is 0.245 e. The number of carbonyl (C=O) groups is 1. The van der Waals surface area contributed by atoms with E-state index in [-0.39, 0.29) is 18.1 Å². The Kier molecular flexibility index (Phi) is 4.58. The van der Waals surface area contributed by atoms with E-state index in [9.17, 15) is 14.3 Å². The molecule has 3 heterocycles. The number of nitrogens with zero attached hydrogens (tertiary/aromatic N) is 3. The Morgan fingerprint density at radius 3 is 2.93 bits per heavy atom. The van der Waals surface area contributed by atoms with Crippen LogP contribution >= 0.6 is 0 Å². The number of hydrogen-bond donors (Lipinski definition) is 2. The van der Waals surface area contributed by atoms with Crippen LogP contribution in [0, 0.1) is 6.92 Å². The van der Waals surface area contributed by atoms with E-state index in [0.29, 0.717) is 30.0 Å². The molecule has 6 nitrogen and oxygen atoms in total. The van der Waals surface area contributed by atoms with Crippen molar-refractivity contribution in [1.29, 1.82) is 0 Å². The summed E-state index contributed by atoms with van der Waals surface area (Å²) in [5.74, 6) is -0.521. The van der Waals surface area contributed by atoms with Gasteiger partial charge in [-0.2, -0.15) is 0 Å². The SMILES string of the molecule is C=CC(=O)N1CC[C@@H](F)[C@@H](c2[nH]c3nnc(-c4ccccc4O)cc3c2C)C1. The summed E-state index contributed by atoms with van der Waals surface area (Å²) in [6.07, 6.45) is 0.497. The average molecular weight is 380 g/mol. The summed E-state index contributed by atoms with van der Waals surface area (Å²) in [6, 6.07) is 8.76. The van der Waals surface area contributed by atoms with E-state index in [4.69, 9.17) is 0 Å². The number of H-pyrrole nitrogens is 1. The summed E-state index contributed by atoms with van der Waals surface area (Å²) >= 11 is 0. The molecule has 0 unspecified atom stereocenters. The molecular weight excluding hydrogens is 359 g/mol. The fraction of sp³-hybridized carbons (Fsp3) is 0.286. The van der Waals surface area contributed by atoms with Gasteiger partial charge in [0, 0.05) is 35.7 Å². The summed E-state index contributed by atoms with van der Waals surface area (Å²) < 4.78 is 14.7. The minimum absolute atomic E-state index is 0.124. The van der Waals surface area contributed by atoms with Gasteiger partial charge >= 0.3 is 0 Å². The number of alkyl halides is 1. The molecule has 1 aromatic carbocycles. The number of carbonyl (C=O) groups excluding carboxylic acids is 1. The lowest BCUT2D eigenvalue weighted by atomic mass is 9.90. The predicted octanol–water partition coefficient (Wildman–Crippen LogP) is 3.48. The van der Waals surface area contributed by atoms with Crippen molar-refractivity contribution in [3.8, 4) is 17.0 Å². The molecule has 28 heavy (non-hydrogen) atoms. The van der Waals surface area contributed by atoms with Gasteiger partial charge in [0.25, 0.3) is 0 Å². The van der Waals surface area contributed by atoms with Crippen LogP contribution in [0.15, 0.2) is 43.0 Å². The molecule has 144 valence electrons. The zero-order valence-corrected chi connectivity index (χ0v) is 15.5. The molecule has 0 bridgehead atoms. The van der Waals surface area contributed by atoms with E-state index in [1.54, 1.807) is 23.1 Å². The van der Waals surface area contributed by atoms with Gasteiger partial charge in [0.2, 0.25) is 5.91 Å². The van der Waals surface area contributed by atoms with Gasteiger partial charge in [0.1, 0.15) is 11.9 Å². The standard InChI is InChI=1S/C21H21FN4O2/c1-3-19(28)26-9-8-16(22)15(11-26)20-12(2)14-10-17(24-25-21(14)23-20)13-6-4-5-7-18(13)27/h3-7,10,15-16,27H,1,8-9,11H2,2H3,(H,23,25)/t15-,16+/m0/s1. The van der Waals surface area contributed by atoms with Gasteiger partial charge in [-0.25, -0.2) is 4.39 Å². The van der Waals surface area contributed by atoms with Crippen molar-refractivity contribution in [3.63, 3.8) is 0 Å². The van der Waals surface area contributed by atoms with Crippen LogP contribution in [-0.2, 0) is 4.79 Å². The second-order valence-corrected chi connectivity index (χ2v) is 7.07. The Bertz CT molecular complexity index is 1060. The molecular formula is C21H21FN4O2. The Hall–Kier alpha value is -3.22. The highest BCUT2D eigenvalue weighted by molar-refractivity contribution is 5.87. The molecule has 1 saturated heterocycles. The first-order chi connectivity index (χ1) is 13.5. The Morgan fingerprint density at radius 2 is 2.18 bits per heavy atom. The number of hydrogen-bond acceptors (Lipinski definition) is 4. The predicted molar refractivity (Wildman–Crippen MR) is 105 cm³/mol. The third-order valence-corrected chi connectivity index (χ3v) is 5.42. The minimum Gasteiger partial charge on any atom is -0.507 e. The number of phenolic OH excluding ortho intramolecular Hbond substituents is 1. The lowest BCUT2D eigenvalue weighted by molar-refractivity contribution is -0.127. The number of piperidine rings is 1. The number of aromatic hydroxyl groups is 1. The first-order valence-corrected chi connectivity index (χ1v) is 9.19. The lowest BCUT2D eigenvalue weighted by Crippen LogP contribution is -2.43. The van der Waals surface area contributed by atoms with Crippen LogP contribution in [-0.4, -0.2) is 50.4 Å². The zero-order valence-electron chi connectivity index (χ0n) is 15.5. The van der Waals surface area contributed by atoms with Crippen LogP contribution in [0.5, 0.6) is 5.75 Å². The highest BCUT2D eigenvalue weighted by atomic mass is 19.1. The van der Waals surface area contributed by atoms with Crippen LogP contribution in [0.25, 0.3) is 22.3 Å². The van der Waals surface area contributed by atoms with Crippen LogP contribution < -0.4 is 0 Å². The molecule has 2 aromatic heterocycles. The first-order valence-electron chi connectivity index (χ1n) is 9.19. The lowest BCUT2D eigenvalue weighted by Gasteiger charge is -2.34. The van der Waals surface area contributed by atoms with E-state index in [2.05, 4.69) is 21.8 Å². The number of likely N-dealkylation sites (tertiary alicyclic amines) is 1. The van der Waals surface area contributed by atoms with Crippen molar-refractivity contribution in [3.05, 3.63) is 54.2 Å². The number of halogens is 1. The maximum Gasteiger partial charge on any atom is 0.245 e. The number of aromatic nitrogens is 3. The summed E-state index contributed by atoms with van der Waals surface area (Å²) in [4.78, 5) is 16.8. The van der Waals surface area contributed by atoms with Gasteiger partial charge in [-0.15, -0.1) is 10.2 Å². The van der Waals surface area contributed by atoms with Crippen molar-refractivity contribution >= 4 is 16.9 Å². The number of rotatable bonds is 3.